The third-order valence-electron chi connectivity index (χ3n) is 2.14. The predicted molar refractivity (Wildman–Crippen MR) is 55.9 cm³/mol. The first-order valence-electron chi connectivity index (χ1n) is 4.44. The Labute approximate surface area is 84.6 Å². The van der Waals surface area contributed by atoms with Crippen molar-refractivity contribution in [2.24, 2.45) is 0 Å². The van der Waals surface area contributed by atoms with Crippen LogP contribution < -0.4 is 5.73 Å². The van der Waals surface area contributed by atoms with Gasteiger partial charge in [-0.05, 0) is 6.07 Å². The fourth-order valence-electron chi connectivity index (χ4n) is 1.52. The number of nitrogens with two attached hydrogens (primary N) is 1. The monoisotopic (exact) mass is 200 g/mol. The summed E-state index contributed by atoms with van der Waals surface area (Å²) < 4.78 is 0. The molecule has 0 aromatic carbocycles. The lowest BCUT2D eigenvalue weighted by atomic mass is 10.3. The van der Waals surface area contributed by atoms with Crippen LogP contribution in [0.15, 0.2) is 24.7 Å². The minimum Gasteiger partial charge on any atom is -0.369 e. The zero-order valence-corrected chi connectivity index (χ0v) is 7.73. The average Bonchev–Trinajstić information content (AvgIpc) is 2.82. The molecule has 0 amide bonds. The average molecular weight is 200 g/mol. The maximum atomic E-state index is 5.59. The predicted octanol–water partition coefficient (Wildman–Crippen LogP) is 0.930. The molecule has 0 saturated heterocycles. The fourth-order valence-corrected chi connectivity index (χ4v) is 1.52. The minimum atomic E-state index is 0.380. The van der Waals surface area contributed by atoms with Gasteiger partial charge in [0.05, 0.1) is 5.52 Å². The molecule has 0 spiro atoms. The summed E-state index contributed by atoms with van der Waals surface area (Å²) in [4.78, 5) is 18.5. The number of nitrogen functional groups attached to an aromatic ring is 1. The Bertz CT molecular complexity index is 594. The van der Waals surface area contributed by atoms with Gasteiger partial charge in [-0.3, -0.25) is 4.98 Å². The Morgan fingerprint density at radius 3 is 2.93 bits per heavy atom. The Balaban J connectivity index is 2.35. The number of fused-ring (bicyclic) bond motifs is 1. The van der Waals surface area contributed by atoms with Crippen molar-refractivity contribution in [3.05, 3.63) is 24.7 Å². The van der Waals surface area contributed by atoms with Gasteiger partial charge in [-0.25, -0.2) is 9.97 Å². The van der Waals surface area contributed by atoms with Crippen LogP contribution in [0.3, 0.4) is 0 Å². The van der Waals surface area contributed by atoms with Gasteiger partial charge in [-0.15, -0.1) is 0 Å². The van der Waals surface area contributed by atoms with Crippen LogP contribution in [0.4, 0.5) is 5.95 Å². The van der Waals surface area contributed by atoms with Gasteiger partial charge in [0.15, 0.2) is 11.8 Å². The van der Waals surface area contributed by atoms with Crippen molar-refractivity contribution in [3.8, 4) is 11.5 Å². The lowest BCUT2D eigenvalue weighted by Gasteiger charge is -1.95. The van der Waals surface area contributed by atoms with E-state index in [1.54, 1.807) is 18.6 Å². The van der Waals surface area contributed by atoms with E-state index in [0.717, 1.165) is 11.0 Å². The fraction of sp³-hybridized carbons (Fsp3) is 0. The molecule has 15 heavy (non-hydrogen) atoms. The Kier molecular flexibility index (Phi) is 1.49. The number of hydrogen-bond donors (Lipinski definition) is 3. The third kappa shape index (κ3) is 1.15. The maximum absolute atomic E-state index is 5.59. The molecule has 3 rings (SSSR count). The van der Waals surface area contributed by atoms with Crippen LogP contribution >= 0.6 is 0 Å². The highest BCUT2D eigenvalue weighted by molar-refractivity contribution is 5.88. The number of anilines is 1. The summed E-state index contributed by atoms with van der Waals surface area (Å²) in [6, 6.07) is 1.82. The number of imidazole rings is 2. The molecule has 4 N–H and O–H groups in total. The van der Waals surface area contributed by atoms with Gasteiger partial charge in [0.1, 0.15) is 11.2 Å². The van der Waals surface area contributed by atoms with E-state index in [9.17, 15) is 0 Å². The van der Waals surface area contributed by atoms with Gasteiger partial charge < -0.3 is 15.7 Å². The molecule has 0 aliphatic carbocycles. The van der Waals surface area contributed by atoms with Crippen molar-refractivity contribution in [1.82, 2.24) is 24.9 Å². The second kappa shape index (κ2) is 2.81. The van der Waals surface area contributed by atoms with E-state index in [0.29, 0.717) is 17.5 Å². The van der Waals surface area contributed by atoms with Gasteiger partial charge >= 0.3 is 0 Å². The number of aromatic nitrogens is 5. The summed E-state index contributed by atoms with van der Waals surface area (Å²) >= 11 is 0. The van der Waals surface area contributed by atoms with Crippen LogP contribution in [0, 0.1) is 0 Å². The van der Waals surface area contributed by atoms with Crippen LogP contribution in [0.5, 0.6) is 0 Å². The zero-order chi connectivity index (χ0) is 10.3. The smallest absolute Gasteiger partial charge is 0.198 e. The Morgan fingerprint density at radius 2 is 2.13 bits per heavy atom. The van der Waals surface area contributed by atoms with Crippen LogP contribution in [-0.2, 0) is 0 Å². The molecular weight excluding hydrogens is 192 g/mol. The summed E-state index contributed by atoms with van der Waals surface area (Å²) in [5.41, 5.74) is 7.87. The lowest BCUT2D eigenvalue weighted by Crippen LogP contribution is -1.87. The summed E-state index contributed by atoms with van der Waals surface area (Å²) in [5, 5.41) is 0. The number of rotatable bonds is 1. The summed E-state index contributed by atoms with van der Waals surface area (Å²) in [6.45, 7) is 0. The molecule has 3 heterocycles. The molecule has 6 nitrogen and oxygen atoms in total. The highest BCUT2D eigenvalue weighted by Crippen LogP contribution is 2.22. The standard InChI is InChI=1S/C9H8N6/c10-9-14-5-1-2-11-7(6(5)15-9)8-12-3-4-13-8/h1-4H,(H,12,13)(H3,10,14,15). The van der Waals surface area contributed by atoms with Crippen LogP contribution in [0.1, 0.15) is 0 Å². The van der Waals surface area contributed by atoms with Gasteiger partial charge in [0, 0.05) is 18.6 Å². The van der Waals surface area contributed by atoms with E-state index in [4.69, 9.17) is 5.73 Å². The van der Waals surface area contributed by atoms with Crippen LogP contribution in [0.25, 0.3) is 22.6 Å². The van der Waals surface area contributed by atoms with Crippen molar-refractivity contribution >= 4 is 17.0 Å². The van der Waals surface area contributed by atoms with Gasteiger partial charge in [-0.1, -0.05) is 0 Å². The van der Waals surface area contributed by atoms with Crippen molar-refractivity contribution in [2.75, 3.05) is 5.73 Å². The highest BCUT2D eigenvalue weighted by Gasteiger charge is 2.10. The van der Waals surface area contributed by atoms with E-state index in [1.165, 1.54) is 0 Å². The van der Waals surface area contributed by atoms with E-state index in [1.807, 2.05) is 6.07 Å². The first-order chi connectivity index (χ1) is 7.34. The molecule has 0 saturated carbocycles. The SMILES string of the molecule is Nc1nc2c(-c3ncc[nH]3)nccc2[nH]1. The van der Waals surface area contributed by atoms with E-state index in [2.05, 4.69) is 24.9 Å². The summed E-state index contributed by atoms with van der Waals surface area (Å²) in [7, 11) is 0. The van der Waals surface area contributed by atoms with E-state index in [-0.39, 0.29) is 0 Å². The maximum Gasteiger partial charge on any atom is 0.198 e. The number of hydrogen-bond acceptors (Lipinski definition) is 4. The molecule has 0 aliphatic rings. The van der Waals surface area contributed by atoms with E-state index >= 15 is 0 Å². The molecule has 3 aromatic heterocycles. The van der Waals surface area contributed by atoms with Crippen molar-refractivity contribution in [1.29, 1.82) is 0 Å². The highest BCUT2D eigenvalue weighted by atomic mass is 15.0. The van der Waals surface area contributed by atoms with Gasteiger partial charge in [0.25, 0.3) is 0 Å². The quantitative estimate of drug-likeness (QED) is 0.544. The molecule has 0 unspecified atom stereocenters. The second-order valence-corrected chi connectivity index (χ2v) is 3.12. The molecule has 0 atom stereocenters. The van der Waals surface area contributed by atoms with Crippen molar-refractivity contribution in [3.63, 3.8) is 0 Å². The minimum absolute atomic E-state index is 0.380. The summed E-state index contributed by atoms with van der Waals surface area (Å²) in [5.74, 6) is 1.07. The molecule has 0 bridgehead atoms. The molecule has 6 heteroatoms. The molecule has 3 aromatic rings. The molecule has 74 valence electrons. The molecule has 0 radical (unpaired) electrons. The number of aromatic amines is 2. The Morgan fingerprint density at radius 1 is 1.20 bits per heavy atom. The normalized spacial score (nSPS) is 10.9. The second-order valence-electron chi connectivity index (χ2n) is 3.12. The summed E-state index contributed by atoms with van der Waals surface area (Å²) in [6.07, 6.45) is 5.11. The molecule has 0 fully saturated rings. The van der Waals surface area contributed by atoms with Crippen molar-refractivity contribution < 1.29 is 0 Å². The number of H-pyrrole nitrogens is 2. The van der Waals surface area contributed by atoms with Crippen molar-refractivity contribution in [2.45, 2.75) is 0 Å². The topological polar surface area (TPSA) is 96.3 Å². The number of nitrogens with zero attached hydrogens (tertiary/aromatic N) is 3. The van der Waals surface area contributed by atoms with Gasteiger partial charge in [0.2, 0.25) is 0 Å². The number of nitrogens with one attached hydrogen (secondary N) is 2. The first kappa shape index (κ1) is 7.98. The largest absolute Gasteiger partial charge is 0.369 e. The zero-order valence-electron chi connectivity index (χ0n) is 7.73. The Hall–Kier alpha value is -2.37. The van der Waals surface area contributed by atoms with Crippen LogP contribution in [0.2, 0.25) is 0 Å². The van der Waals surface area contributed by atoms with Crippen LogP contribution in [-0.4, -0.2) is 24.9 Å². The molecular formula is C9H8N6. The first-order valence-corrected chi connectivity index (χ1v) is 4.44. The van der Waals surface area contributed by atoms with E-state index < -0.39 is 0 Å². The molecule has 0 aliphatic heterocycles. The third-order valence-corrected chi connectivity index (χ3v) is 2.14. The van der Waals surface area contributed by atoms with Gasteiger partial charge in [-0.2, -0.15) is 0 Å². The lowest BCUT2D eigenvalue weighted by molar-refractivity contribution is 1.23. The number of pyridine rings is 1.